The van der Waals surface area contributed by atoms with Crippen LogP contribution >= 0.6 is 11.6 Å². The first-order chi connectivity index (χ1) is 25.1. The standard InChI is InChI=1S/C45H26ClN3O2/c46-28-16-20-40-38(24-28)36-19-15-27(23-42(36)51-40)45-48-43(47-44(49-45)26-14-18-35-34-11-5-6-12-39(34)50-41(35)22-26)25-13-17-33-31-9-2-1-7-29(31)30-8-3-4-10-32(30)37(33)21-25/h1-24,44H,(H,47,48,49). The average Bonchev–Trinajstić information content (AvgIpc) is 3.74. The number of nitrogens with one attached hydrogen (secondary N) is 1. The SMILES string of the molecule is Clc1ccc2oc3cc(C4=NC(c5ccc6c(c5)oc5ccccc56)N=C(c5ccc6c7ccccc7c7ccccc7c6c5)N4)ccc3c2c1. The van der Waals surface area contributed by atoms with Crippen LogP contribution in [0.25, 0.3) is 76.2 Å². The van der Waals surface area contributed by atoms with Gasteiger partial charge in [-0.3, -0.25) is 0 Å². The molecule has 5 nitrogen and oxygen atoms in total. The van der Waals surface area contributed by atoms with E-state index in [2.05, 4.69) is 108 Å². The van der Waals surface area contributed by atoms with Gasteiger partial charge in [-0.05, 0) is 80.8 Å². The molecule has 11 rings (SSSR count). The van der Waals surface area contributed by atoms with Crippen LogP contribution in [0.3, 0.4) is 0 Å². The number of fused-ring (bicyclic) bond motifs is 12. The molecule has 0 fully saturated rings. The van der Waals surface area contributed by atoms with Crippen molar-refractivity contribution in [1.29, 1.82) is 0 Å². The minimum absolute atomic E-state index is 0.511. The molecule has 0 radical (unpaired) electrons. The quantitative estimate of drug-likeness (QED) is 0.190. The summed E-state index contributed by atoms with van der Waals surface area (Å²) in [5, 5.41) is 15.8. The lowest BCUT2D eigenvalue weighted by atomic mass is 9.93. The van der Waals surface area contributed by atoms with Gasteiger partial charge in [0.15, 0.2) is 6.17 Å². The first-order valence-electron chi connectivity index (χ1n) is 16.9. The van der Waals surface area contributed by atoms with Crippen molar-refractivity contribution in [2.24, 2.45) is 9.98 Å². The Balaban J connectivity index is 1.09. The fourth-order valence-corrected chi connectivity index (χ4v) is 7.92. The molecule has 240 valence electrons. The van der Waals surface area contributed by atoms with E-state index in [4.69, 9.17) is 30.4 Å². The molecule has 6 heteroatoms. The van der Waals surface area contributed by atoms with Crippen molar-refractivity contribution in [3.05, 3.63) is 167 Å². The summed E-state index contributed by atoms with van der Waals surface area (Å²) < 4.78 is 12.6. The van der Waals surface area contributed by atoms with Crippen molar-refractivity contribution in [3.8, 4) is 0 Å². The molecule has 1 atom stereocenters. The Labute approximate surface area is 296 Å². The number of para-hydroxylation sites is 1. The van der Waals surface area contributed by atoms with Crippen LogP contribution in [0.15, 0.2) is 164 Å². The molecule has 1 unspecified atom stereocenters. The summed E-state index contributed by atoms with van der Waals surface area (Å²) >= 11 is 6.34. The van der Waals surface area contributed by atoms with E-state index in [-0.39, 0.29) is 0 Å². The maximum absolute atomic E-state index is 6.34. The van der Waals surface area contributed by atoms with Gasteiger partial charge in [0.25, 0.3) is 0 Å². The van der Waals surface area contributed by atoms with Crippen molar-refractivity contribution in [3.63, 3.8) is 0 Å². The molecule has 0 aliphatic carbocycles. The zero-order valence-electron chi connectivity index (χ0n) is 27.0. The molecule has 8 aromatic carbocycles. The van der Waals surface area contributed by atoms with E-state index in [0.717, 1.165) is 66.4 Å². The van der Waals surface area contributed by atoms with Crippen LogP contribution < -0.4 is 5.32 Å². The number of aliphatic imine (C=N–C) groups is 2. The molecule has 0 spiro atoms. The molecular weight excluding hydrogens is 650 g/mol. The second kappa shape index (κ2) is 10.8. The summed E-state index contributed by atoms with van der Waals surface area (Å²) in [7, 11) is 0. The fourth-order valence-electron chi connectivity index (χ4n) is 7.75. The van der Waals surface area contributed by atoms with E-state index in [1.807, 2.05) is 42.5 Å². The molecule has 1 N–H and O–H groups in total. The summed E-state index contributed by atoms with van der Waals surface area (Å²) in [4.78, 5) is 10.5. The average molecular weight is 676 g/mol. The van der Waals surface area contributed by atoms with Gasteiger partial charge < -0.3 is 14.2 Å². The Hall–Kier alpha value is -6.43. The Bertz CT molecular complexity index is 3120. The van der Waals surface area contributed by atoms with E-state index in [9.17, 15) is 0 Å². The van der Waals surface area contributed by atoms with E-state index in [0.29, 0.717) is 10.9 Å². The summed E-state index contributed by atoms with van der Waals surface area (Å²) in [5.41, 5.74) is 6.04. The zero-order chi connectivity index (χ0) is 33.6. The van der Waals surface area contributed by atoms with E-state index in [1.54, 1.807) is 0 Å². The highest BCUT2D eigenvalue weighted by Crippen LogP contribution is 2.37. The first-order valence-corrected chi connectivity index (χ1v) is 17.3. The highest BCUT2D eigenvalue weighted by atomic mass is 35.5. The molecule has 1 aliphatic rings. The van der Waals surface area contributed by atoms with Crippen molar-refractivity contribution < 1.29 is 8.83 Å². The van der Waals surface area contributed by atoms with Gasteiger partial charge in [0.05, 0.1) is 0 Å². The maximum Gasteiger partial charge on any atom is 0.169 e. The van der Waals surface area contributed by atoms with Crippen LogP contribution in [-0.2, 0) is 0 Å². The van der Waals surface area contributed by atoms with Crippen molar-refractivity contribution >= 4 is 99.5 Å². The number of amidine groups is 2. The monoisotopic (exact) mass is 675 g/mol. The van der Waals surface area contributed by atoms with Gasteiger partial charge in [-0.2, -0.15) is 0 Å². The maximum atomic E-state index is 6.34. The number of rotatable bonds is 3. The summed E-state index contributed by atoms with van der Waals surface area (Å²) in [5.74, 6) is 1.45. The first kappa shape index (κ1) is 28.4. The lowest BCUT2D eigenvalue weighted by Gasteiger charge is -2.23. The van der Waals surface area contributed by atoms with Gasteiger partial charge >= 0.3 is 0 Å². The van der Waals surface area contributed by atoms with Crippen molar-refractivity contribution in [2.75, 3.05) is 0 Å². The minimum Gasteiger partial charge on any atom is -0.456 e. The summed E-state index contributed by atoms with van der Waals surface area (Å²) in [6.45, 7) is 0. The van der Waals surface area contributed by atoms with Gasteiger partial charge in [-0.25, -0.2) is 9.98 Å². The van der Waals surface area contributed by atoms with Crippen LogP contribution in [-0.4, -0.2) is 11.7 Å². The Kier molecular flexibility index (Phi) is 6.01. The van der Waals surface area contributed by atoms with Crippen LogP contribution in [0, 0.1) is 0 Å². The molecule has 0 amide bonds. The van der Waals surface area contributed by atoms with Crippen LogP contribution in [0.5, 0.6) is 0 Å². The second-order valence-corrected chi connectivity index (χ2v) is 13.5. The van der Waals surface area contributed by atoms with Crippen LogP contribution in [0.2, 0.25) is 5.02 Å². The molecule has 2 aromatic heterocycles. The van der Waals surface area contributed by atoms with Gasteiger partial charge in [-0.15, -0.1) is 0 Å². The number of nitrogens with zero attached hydrogens (tertiary/aromatic N) is 2. The number of hydrogen-bond donors (Lipinski definition) is 1. The van der Waals surface area contributed by atoms with Crippen molar-refractivity contribution in [2.45, 2.75) is 6.17 Å². The summed E-state index contributed by atoms with van der Waals surface area (Å²) in [6, 6.07) is 50.2. The van der Waals surface area contributed by atoms with Crippen LogP contribution in [0.1, 0.15) is 22.9 Å². The third-order valence-corrected chi connectivity index (χ3v) is 10.4. The lowest BCUT2D eigenvalue weighted by molar-refractivity contribution is 0.665. The topological polar surface area (TPSA) is 63.0 Å². The predicted octanol–water partition coefficient (Wildman–Crippen LogP) is 12.1. The third kappa shape index (κ3) is 4.42. The van der Waals surface area contributed by atoms with E-state index < -0.39 is 6.17 Å². The molecular formula is C45H26ClN3O2. The zero-order valence-corrected chi connectivity index (χ0v) is 27.8. The highest BCUT2D eigenvalue weighted by molar-refractivity contribution is 6.32. The van der Waals surface area contributed by atoms with E-state index in [1.165, 1.54) is 32.3 Å². The Morgan fingerprint density at radius 3 is 1.65 bits per heavy atom. The minimum atomic E-state index is -0.511. The predicted molar refractivity (Wildman–Crippen MR) is 210 cm³/mol. The molecule has 0 bridgehead atoms. The number of halogens is 1. The largest absolute Gasteiger partial charge is 0.456 e. The second-order valence-electron chi connectivity index (χ2n) is 13.1. The number of benzene rings is 8. The van der Waals surface area contributed by atoms with Gasteiger partial charge in [0.1, 0.15) is 34.0 Å². The molecule has 10 aromatic rings. The Morgan fingerprint density at radius 2 is 0.922 bits per heavy atom. The van der Waals surface area contributed by atoms with E-state index >= 15 is 0 Å². The highest BCUT2D eigenvalue weighted by Gasteiger charge is 2.23. The fraction of sp³-hybridized carbons (Fsp3) is 0.0222. The molecule has 0 saturated carbocycles. The number of hydrogen-bond acceptors (Lipinski definition) is 5. The number of furan rings is 2. The lowest BCUT2D eigenvalue weighted by Crippen LogP contribution is -2.36. The Morgan fingerprint density at radius 1 is 0.412 bits per heavy atom. The van der Waals surface area contributed by atoms with Gasteiger partial charge in [-0.1, -0.05) is 109 Å². The molecule has 0 saturated heterocycles. The van der Waals surface area contributed by atoms with Gasteiger partial charge in [0.2, 0.25) is 0 Å². The third-order valence-electron chi connectivity index (χ3n) is 10.2. The van der Waals surface area contributed by atoms with Crippen LogP contribution in [0.4, 0.5) is 0 Å². The van der Waals surface area contributed by atoms with Gasteiger partial charge in [0, 0.05) is 43.3 Å². The normalized spacial score (nSPS) is 15.0. The molecule has 1 aliphatic heterocycles. The van der Waals surface area contributed by atoms with Crippen molar-refractivity contribution in [1.82, 2.24) is 5.32 Å². The molecule has 51 heavy (non-hydrogen) atoms. The molecule has 3 heterocycles. The summed E-state index contributed by atoms with van der Waals surface area (Å²) in [6.07, 6.45) is -0.511. The smallest absolute Gasteiger partial charge is 0.169 e.